The molecule has 7 nitrogen and oxygen atoms in total. The Morgan fingerprint density at radius 1 is 1.33 bits per heavy atom. The van der Waals surface area contributed by atoms with E-state index in [0.717, 1.165) is 0 Å². The largest absolute Gasteiger partial charge is 0.506 e. The highest BCUT2D eigenvalue weighted by Crippen LogP contribution is 2.15. The van der Waals surface area contributed by atoms with E-state index in [4.69, 9.17) is 4.74 Å². The second-order valence-corrected chi connectivity index (χ2v) is 3.94. The van der Waals surface area contributed by atoms with Crippen LogP contribution < -0.4 is 0 Å². The molecule has 2 aromatic rings. The van der Waals surface area contributed by atoms with Gasteiger partial charge < -0.3 is 9.84 Å². The first-order valence-electron chi connectivity index (χ1n) is 6.27. The summed E-state index contributed by atoms with van der Waals surface area (Å²) in [5.41, 5.74) is 0.451. The predicted octanol–water partition coefficient (Wildman–Crippen LogP) is 1.64. The monoisotopic (exact) mass is 286 g/mol. The summed E-state index contributed by atoms with van der Waals surface area (Å²) in [7, 11) is 0. The first-order chi connectivity index (χ1) is 10.2. The Kier molecular flexibility index (Phi) is 4.81. The number of esters is 1. The summed E-state index contributed by atoms with van der Waals surface area (Å²) in [5.74, 6) is -0.860. The summed E-state index contributed by atoms with van der Waals surface area (Å²) in [6, 6.07) is 8.69. The van der Waals surface area contributed by atoms with Crippen LogP contribution in [0.1, 0.15) is 12.5 Å². The molecule has 0 saturated carbocycles. The third-order valence-electron chi connectivity index (χ3n) is 2.52. The number of carbonyl (C=O) groups excluding carboxylic acids is 1. The minimum atomic E-state index is -0.657. The third-order valence-corrected chi connectivity index (χ3v) is 2.52. The Morgan fingerprint density at radius 3 is 2.62 bits per heavy atom. The van der Waals surface area contributed by atoms with E-state index in [2.05, 4.69) is 15.3 Å². The summed E-state index contributed by atoms with van der Waals surface area (Å²) in [5, 5.41) is 21.4. The molecule has 0 radical (unpaired) electrons. The van der Waals surface area contributed by atoms with Gasteiger partial charge in [-0.2, -0.15) is 5.10 Å². The highest BCUT2D eigenvalue weighted by atomic mass is 16.5. The zero-order valence-electron chi connectivity index (χ0n) is 11.4. The van der Waals surface area contributed by atoms with Gasteiger partial charge in [-0.3, -0.25) is 0 Å². The molecule has 0 amide bonds. The highest BCUT2D eigenvalue weighted by molar-refractivity contribution is 6.14. The van der Waals surface area contributed by atoms with Gasteiger partial charge in [0.15, 0.2) is 0 Å². The van der Waals surface area contributed by atoms with Crippen LogP contribution in [0.2, 0.25) is 0 Å². The zero-order valence-corrected chi connectivity index (χ0v) is 11.4. The number of aliphatic hydroxyl groups excluding tert-OH is 1. The van der Waals surface area contributed by atoms with Crippen LogP contribution in [-0.2, 0) is 9.53 Å². The number of nitrogens with zero attached hydrogens (tertiary/aromatic N) is 4. The quantitative estimate of drug-likeness (QED) is 0.390. The first-order valence-corrected chi connectivity index (χ1v) is 6.27. The number of aliphatic hydroxyl groups is 1. The summed E-state index contributed by atoms with van der Waals surface area (Å²) in [4.78, 5) is 11.9. The van der Waals surface area contributed by atoms with E-state index in [9.17, 15) is 9.90 Å². The topological polar surface area (TPSA) is 89.6 Å². The molecular formula is C14H14N4O3. The van der Waals surface area contributed by atoms with Crippen LogP contribution in [-0.4, -0.2) is 38.8 Å². The minimum absolute atomic E-state index is 0.0447. The SMILES string of the molecule is CCOC(=O)C(/C=N/n1cnnc1)=C(\O)c1ccccc1. The Morgan fingerprint density at radius 2 is 2.00 bits per heavy atom. The number of carbonyl (C=O) groups is 1. The third kappa shape index (κ3) is 3.75. The van der Waals surface area contributed by atoms with Gasteiger partial charge in [-0.1, -0.05) is 30.3 Å². The molecule has 108 valence electrons. The molecule has 0 unspecified atom stereocenters. The summed E-state index contributed by atoms with van der Waals surface area (Å²) in [6.07, 6.45) is 3.93. The lowest BCUT2D eigenvalue weighted by Gasteiger charge is -2.06. The zero-order chi connectivity index (χ0) is 15.1. The average molecular weight is 286 g/mol. The van der Waals surface area contributed by atoms with Gasteiger partial charge in [0, 0.05) is 5.56 Å². The molecule has 7 heteroatoms. The van der Waals surface area contributed by atoms with Crippen molar-refractivity contribution in [1.82, 2.24) is 14.9 Å². The number of ether oxygens (including phenoxy) is 1. The van der Waals surface area contributed by atoms with Crippen LogP contribution in [0.3, 0.4) is 0 Å². The van der Waals surface area contributed by atoms with E-state index in [0.29, 0.717) is 5.56 Å². The smallest absolute Gasteiger partial charge is 0.343 e. The van der Waals surface area contributed by atoms with Crippen LogP contribution in [0, 0.1) is 0 Å². The molecule has 2 rings (SSSR count). The van der Waals surface area contributed by atoms with Crippen LogP contribution in [0.25, 0.3) is 5.76 Å². The van der Waals surface area contributed by atoms with Crippen molar-refractivity contribution in [3.8, 4) is 0 Å². The van der Waals surface area contributed by atoms with Gasteiger partial charge in [0.05, 0.1) is 12.8 Å². The molecule has 0 bridgehead atoms. The normalized spacial score (nSPS) is 12.2. The lowest BCUT2D eigenvalue weighted by atomic mass is 10.1. The molecule has 1 aromatic heterocycles. The standard InChI is InChI=1S/C14H14N4O3/c1-2-21-14(20)12(8-17-18-9-15-16-10-18)13(19)11-6-4-3-5-7-11/h3-10,19H,2H2,1H3/b13-12-,17-8+. The molecule has 0 aliphatic heterocycles. The Balaban J connectivity index is 2.38. The molecule has 0 spiro atoms. The molecule has 0 atom stereocenters. The molecule has 1 heterocycles. The maximum atomic E-state index is 11.9. The van der Waals surface area contributed by atoms with Gasteiger partial charge in [0.25, 0.3) is 0 Å². The molecule has 0 aliphatic carbocycles. The van der Waals surface area contributed by atoms with Gasteiger partial charge in [-0.15, -0.1) is 10.2 Å². The summed E-state index contributed by atoms with van der Waals surface area (Å²) < 4.78 is 6.23. The van der Waals surface area contributed by atoms with Crippen LogP contribution >= 0.6 is 0 Å². The second kappa shape index (κ2) is 6.99. The van der Waals surface area contributed by atoms with E-state index in [-0.39, 0.29) is 17.9 Å². The molecule has 1 aromatic carbocycles. The maximum absolute atomic E-state index is 11.9. The van der Waals surface area contributed by atoms with E-state index in [1.54, 1.807) is 31.2 Å². The van der Waals surface area contributed by atoms with Crippen molar-refractivity contribution in [2.45, 2.75) is 6.92 Å². The van der Waals surface area contributed by atoms with Crippen molar-refractivity contribution in [3.63, 3.8) is 0 Å². The van der Waals surface area contributed by atoms with Gasteiger partial charge in [-0.05, 0) is 6.92 Å². The van der Waals surface area contributed by atoms with Gasteiger partial charge in [-0.25, -0.2) is 9.47 Å². The van der Waals surface area contributed by atoms with E-state index in [1.807, 2.05) is 6.07 Å². The van der Waals surface area contributed by atoms with Crippen molar-refractivity contribution in [3.05, 3.63) is 54.1 Å². The number of aromatic nitrogens is 3. The Bertz CT molecular complexity index is 648. The van der Waals surface area contributed by atoms with Crippen molar-refractivity contribution in [2.24, 2.45) is 5.10 Å². The van der Waals surface area contributed by atoms with Crippen LogP contribution in [0.4, 0.5) is 0 Å². The first kappa shape index (κ1) is 14.4. The lowest BCUT2D eigenvalue weighted by molar-refractivity contribution is -0.137. The number of hydrogen-bond donors (Lipinski definition) is 1. The predicted molar refractivity (Wildman–Crippen MR) is 76.5 cm³/mol. The summed E-state index contributed by atoms with van der Waals surface area (Å²) in [6.45, 7) is 1.89. The molecule has 1 N–H and O–H groups in total. The minimum Gasteiger partial charge on any atom is -0.506 e. The van der Waals surface area contributed by atoms with Gasteiger partial charge in [0.1, 0.15) is 24.0 Å². The fourth-order valence-electron chi connectivity index (χ4n) is 1.55. The van der Waals surface area contributed by atoms with E-state index in [1.165, 1.54) is 23.5 Å². The number of benzene rings is 1. The molecular weight excluding hydrogens is 272 g/mol. The fourth-order valence-corrected chi connectivity index (χ4v) is 1.55. The molecule has 21 heavy (non-hydrogen) atoms. The van der Waals surface area contributed by atoms with E-state index < -0.39 is 5.97 Å². The molecule has 0 saturated heterocycles. The van der Waals surface area contributed by atoms with Crippen molar-refractivity contribution >= 4 is 17.9 Å². The average Bonchev–Trinajstić information content (AvgIpc) is 3.02. The highest BCUT2D eigenvalue weighted by Gasteiger charge is 2.16. The second-order valence-electron chi connectivity index (χ2n) is 3.94. The number of rotatable bonds is 5. The van der Waals surface area contributed by atoms with Crippen molar-refractivity contribution < 1.29 is 14.6 Å². The van der Waals surface area contributed by atoms with Crippen molar-refractivity contribution in [1.29, 1.82) is 0 Å². The lowest BCUT2D eigenvalue weighted by Crippen LogP contribution is -2.11. The molecule has 0 aliphatic rings. The van der Waals surface area contributed by atoms with Crippen LogP contribution in [0.5, 0.6) is 0 Å². The van der Waals surface area contributed by atoms with Gasteiger partial charge >= 0.3 is 5.97 Å². The van der Waals surface area contributed by atoms with Gasteiger partial charge in [0.2, 0.25) is 0 Å². The van der Waals surface area contributed by atoms with E-state index >= 15 is 0 Å². The fraction of sp³-hybridized carbons (Fsp3) is 0.143. The van der Waals surface area contributed by atoms with Crippen LogP contribution in [0.15, 0.2) is 53.7 Å². The van der Waals surface area contributed by atoms with Crippen molar-refractivity contribution in [2.75, 3.05) is 6.61 Å². The maximum Gasteiger partial charge on any atom is 0.343 e. The Labute approximate surface area is 121 Å². The number of hydrogen-bond acceptors (Lipinski definition) is 6. The molecule has 0 fully saturated rings. The Hall–Kier alpha value is -2.96. The summed E-state index contributed by atoms with van der Waals surface area (Å²) >= 11 is 0.